The van der Waals surface area contributed by atoms with Gasteiger partial charge >= 0.3 is 6.03 Å². The summed E-state index contributed by atoms with van der Waals surface area (Å²) in [6.45, 7) is 0.0644. The van der Waals surface area contributed by atoms with Gasteiger partial charge in [0.2, 0.25) is 0 Å². The highest BCUT2D eigenvalue weighted by Gasteiger charge is 2.19. The van der Waals surface area contributed by atoms with Gasteiger partial charge in [-0.05, 0) is 43.5 Å². The Hall–Kier alpha value is -2.24. The van der Waals surface area contributed by atoms with E-state index < -0.39 is 0 Å². The van der Waals surface area contributed by atoms with Gasteiger partial charge in [0.15, 0.2) is 0 Å². The summed E-state index contributed by atoms with van der Waals surface area (Å²) in [6.07, 6.45) is 3.31. The third-order valence-electron chi connectivity index (χ3n) is 2.95. The van der Waals surface area contributed by atoms with E-state index in [4.69, 9.17) is 15.9 Å². The van der Waals surface area contributed by atoms with E-state index in [9.17, 15) is 4.79 Å². The number of amidine groups is 1. The normalized spacial score (nSPS) is 14.3. The smallest absolute Gasteiger partial charge is 0.319 e. The van der Waals surface area contributed by atoms with E-state index in [-0.39, 0.29) is 18.5 Å². The van der Waals surface area contributed by atoms with Gasteiger partial charge in [-0.15, -0.1) is 0 Å². The van der Waals surface area contributed by atoms with Crippen LogP contribution in [0.15, 0.2) is 24.3 Å². The number of hydrogen-bond acceptors (Lipinski definition) is 3. The van der Waals surface area contributed by atoms with Crippen molar-refractivity contribution in [3.05, 3.63) is 24.3 Å². The molecule has 2 amide bonds. The molecule has 0 unspecified atom stereocenters. The fourth-order valence-electron chi connectivity index (χ4n) is 1.70. The monoisotopic (exact) mass is 262 g/mol. The van der Waals surface area contributed by atoms with E-state index in [1.807, 2.05) is 0 Å². The minimum atomic E-state index is -0.179. The van der Waals surface area contributed by atoms with Crippen LogP contribution in [0.1, 0.15) is 19.3 Å². The third-order valence-corrected chi connectivity index (χ3v) is 2.95. The molecule has 1 saturated carbocycles. The Morgan fingerprint density at radius 1 is 1.37 bits per heavy atom. The summed E-state index contributed by atoms with van der Waals surface area (Å²) in [5.41, 5.74) is 5.90. The summed E-state index contributed by atoms with van der Waals surface area (Å²) in [6, 6.07) is 7.08. The quantitative estimate of drug-likeness (QED) is 0.479. The topological polar surface area (TPSA) is 100 Å². The molecule has 1 aliphatic carbocycles. The van der Waals surface area contributed by atoms with Crippen molar-refractivity contribution in [1.82, 2.24) is 5.32 Å². The van der Waals surface area contributed by atoms with Gasteiger partial charge in [-0.1, -0.05) is 0 Å². The van der Waals surface area contributed by atoms with E-state index in [1.54, 1.807) is 24.3 Å². The van der Waals surface area contributed by atoms with Crippen LogP contribution in [-0.2, 0) is 0 Å². The van der Waals surface area contributed by atoms with Crippen molar-refractivity contribution in [2.45, 2.75) is 25.3 Å². The first-order chi connectivity index (χ1) is 9.13. The van der Waals surface area contributed by atoms with Crippen LogP contribution in [0.5, 0.6) is 5.75 Å². The van der Waals surface area contributed by atoms with Gasteiger partial charge in [-0.2, -0.15) is 0 Å². The van der Waals surface area contributed by atoms with Crippen LogP contribution in [0.3, 0.4) is 0 Å². The largest absolute Gasteiger partial charge is 0.486 e. The molecule has 0 bridgehead atoms. The lowest BCUT2D eigenvalue weighted by Crippen LogP contribution is -2.41. The van der Waals surface area contributed by atoms with Crippen LogP contribution < -0.4 is 21.1 Å². The molecule has 1 aromatic carbocycles. The van der Waals surface area contributed by atoms with Crippen molar-refractivity contribution in [1.29, 1.82) is 5.41 Å². The standard InChI is InChI=1S/C13H18N4O2/c14-12(15)8-19-11-6-4-10(5-7-11)17-13(18)16-9-2-1-3-9/h4-7,9H,1-3,8H2,(H3,14,15)(H2,16,17,18). The second kappa shape index (κ2) is 6.08. The first-order valence-electron chi connectivity index (χ1n) is 6.27. The van der Waals surface area contributed by atoms with Crippen LogP contribution in [0.4, 0.5) is 10.5 Å². The number of benzene rings is 1. The van der Waals surface area contributed by atoms with E-state index in [0.29, 0.717) is 17.5 Å². The molecule has 5 N–H and O–H groups in total. The molecule has 1 fully saturated rings. The number of nitrogens with two attached hydrogens (primary N) is 1. The van der Waals surface area contributed by atoms with Crippen molar-refractivity contribution >= 4 is 17.6 Å². The third kappa shape index (κ3) is 4.17. The average Bonchev–Trinajstić information content (AvgIpc) is 2.33. The summed E-state index contributed by atoms with van der Waals surface area (Å²) >= 11 is 0. The maximum atomic E-state index is 11.6. The number of amides is 2. The number of anilines is 1. The van der Waals surface area contributed by atoms with E-state index in [2.05, 4.69) is 10.6 Å². The number of ether oxygens (including phenoxy) is 1. The zero-order chi connectivity index (χ0) is 13.7. The molecule has 102 valence electrons. The number of urea groups is 1. The molecule has 0 aliphatic heterocycles. The highest BCUT2D eigenvalue weighted by Crippen LogP contribution is 2.19. The van der Waals surface area contributed by atoms with Gasteiger partial charge in [-0.25, -0.2) is 4.79 Å². The number of nitrogens with one attached hydrogen (secondary N) is 3. The molecular formula is C13H18N4O2. The summed E-state index contributed by atoms with van der Waals surface area (Å²) < 4.78 is 5.24. The number of hydrogen-bond donors (Lipinski definition) is 4. The molecule has 0 heterocycles. The summed E-state index contributed by atoms with van der Waals surface area (Å²) in [5, 5.41) is 12.7. The molecule has 1 aromatic rings. The Balaban J connectivity index is 1.80. The molecule has 0 radical (unpaired) electrons. The Bertz CT molecular complexity index is 454. The molecule has 0 aromatic heterocycles. The molecule has 19 heavy (non-hydrogen) atoms. The van der Waals surface area contributed by atoms with Crippen molar-refractivity contribution in [2.75, 3.05) is 11.9 Å². The van der Waals surface area contributed by atoms with Crippen LogP contribution in [0.2, 0.25) is 0 Å². The van der Waals surface area contributed by atoms with Gasteiger partial charge in [-0.3, -0.25) is 5.41 Å². The minimum Gasteiger partial charge on any atom is -0.486 e. The van der Waals surface area contributed by atoms with Crippen molar-refractivity contribution in [3.63, 3.8) is 0 Å². The lowest BCUT2D eigenvalue weighted by molar-refractivity contribution is 0.240. The van der Waals surface area contributed by atoms with Crippen molar-refractivity contribution < 1.29 is 9.53 Å². The average molecular weight is 262 g/mol. The lowest BCUT2D eigenvalue weighted by atomic mass is 9.93. The first kappa shape index (κ1) is 13.2. The molecule has 6 heteroatoms. The molecule has 0 spiro atoms. The molecule has 0 atom stereocenters. The fourth-order valence-corrected chi connectivity index (χ4v) is 1.70. The minimum absolute atomic E-state index is 0.0259. The summed E-state index contributed by atoms with van der Waals surface area (Å²) in [5.74, 6) is 0.585. The Kier molecular flexibility index (Phi) is 4.22. The maximum Gasteiger partial charge on any atom is 0.319 e. The predicted molar refractivity (Wildman–Crippen MR) is 73.6 cm³/mol. The zero-order valence-corrected chi connectivity index (χ0v) is 10.6. The summed E-state index contributed by atoms with van der Waals surface area (Å²) in [7, 11) is 0. The van der Waals surface area contributed by atoms with Crippen molar-refractivity contribution in [2.24, 2.45) is 5.73 Å². The van der Waals surface area contributed by atoms with Crippen LogP contribution in [-0.4, -0.2) is 24.5 Å². The second-order valence-electron chi connectivity index (χ2n) is 4.56. The SMILES string of the molecule is N=C(N)COc1ccc(NC(=O)NC2CCC2)cc1. The van der Waals surface area contributed by atoms with E-state index in [0.717, 1.165) is 12.8 Å². The van der Waals surface area contributed by atoms with Crippen LogP contribution >= 0.6 is 0 Å². The Morgan fingerprint density at radius 3 is 2.58 bits per heavy atom. The number of carbonyl (C=O) groups excluding carboxylic acids is 1. The van der Waals surface area contributed by atoms with Gasteiger partial charge in [0.05, 0.1) is 0 Å². The van der Waals surface area contributed by atoms with Gasteiger partial charge < -0.3 is 21.1 Å². The summed E-state index contributed by atoms with van der Waals surface area (Å²) in [4.78, 5) is 11.6. The van der Waals surface area contributed by atoms with E-state index in [1.165, 1.54) is 6.42 Å². The van der Waals surface area contributed by atoms with E-state index >= 15 is 0 Å². The first-order valence-corrected chi connectivity index (χ1v) is 6.27. The maximum absolute atomic E-state index is 11.6. The molecule has 2 rings (SSSR count). The second-order valence-corrected chi connectivity index (χ2v) is 4.56. The predicted octanol–water partition coefficient (Wildman–Crippen LogP) is 1.68. The van der Waals surface area contributed by atoms with Gasteiger partial charge in [0.1, 0.15) is 18.2 Å². The zero-order valence-electron chi connectivity index (χ0n) is 10.6. The molecule has 6 nitrogen and oxygen atoms in total. The van der Waals surface area contributed by atoms with Gasteiger partial charge in [0.25, 0.3) is 0 Å². The molecular weight excluding hydrogens is 244 g/mol. The number of rotatable bonds is 5. The Labute approximate surface area is 111 Å². The van der Waals surface area contributed by atoms with Crippen molar-refractivity contribution in [3.8, 4) is 5.75 Å². The fraction of sp³-hybridized carbons (Fsp3) is 0.385. The highest BCUT2D eigenvalue weighted by atomic mass is 16.5. The van der Waals surface area contributed by atoms with Gasteiger partial charge in [0, 0.05) is 11.7 Å². The Morgan fingerprint density at radius 2 is 2.05 bits per heavy atom. The van der Waals surface area contributed by atoms with Crippen LogP contribution in [0.25, 0.3) is 0 Å². The molecule has 1 aliphatic rings. The highest BCUT2D eigenvalue weighted by molar-refractivity contribution is 5.89. The lowest BCUT2D eigenvalue weighted by Gasteiger charge is -2.26. The molecule has 0 saturated heterocycles. The van der Waals surface area contributed by atoms with Crippen LogP contribution in [0, 0.1) is 5.41 Å². The number of carbonyl (C=O) groups is 1.